The topological polar surface area (TPSA) is 26.3 Å². The van der Waals surface area contributed by atoms with E-state index in [9.17, 15) is 4.79 Å². The second kappa shape index (κ2) is 4.23. The van der Waals surface area contributed by atoms with E-state index in [-0.39, 0.29) is 5.97 Å². The van der Waals surface area contributed by atoms with E-state index in [0.29, 0.717) is 10.6 Å². The summed E-state index contributed by atoms with van der Waals surface area (Å²) in [5.74, 6) is -0.343. The van der Waals surface area contributed by atoms with Crippen LogP contribution in [-0.2, 0) is 4.74 Å². The van der Waals surface area contributed by atoms with Crippen molar-refractivity contribution in [3.05, 3.63) is 34.3 Å². The first-order valence-electron chi connectivity index (χ1n) is 4.79. The standard InChI is InChI=1S/C12H15ClO2/c1-8-5-6-9(7-10(8)13)11(14)15-12(2,3)4/h5-7H,1-4H3. The van der Waals surface area contributed by atoms with Crippen molar-refractivity contribution in [1.82, 2.24) is 0 Å². The summed E-state index contributed by atoms with van der Waals surface area (Å²) in [5, 5.41) is 0.582. The molecular weight excluding hydrogens is 212 g/mol. The molecule has 1 aromatic rings. The molecule has 82 valence electrons. The van der Waals surface area contributed by atoms with Gasteiger partial charge in [0, 0.05) is 5.02 Å². The summed E-state index contributed by atoms with van der Waals surface area (Å²) >= 11 is 5.92. The number of rotatable bonds is 1. The maximum atomic E-state index is 11.6. The number of ether oxygens (including phenoxy) is 1. The number of hydrogen-bond donors (Lipinski definition) is 0. The number of benzene rings is 1. The molecule has 0 saturated heterocycles. The molecule has 0 aliphatic rings. The van der Waals surface area contributed by atoms with Crippen LogP contribution in [0.25, 0.3) is 0 Å². The Hall–Kier alpha value is -1.02. The lowest BCUT2D eigenvalue weighted by Gasteiger charge is -2.19. The van der Waals surface area contributed by atoms with E-state index >= 15 is 0 Å². The number of halogens is 1. The van der Waals surface area contributed by atoms with E-state index in [2.05, 4.69) is 0 Å². The molecular formula is C12H15ClO2. The Bertz CT molecular complexity index is 378. The number of hydrogen-bond acceptors (Lipinski definition) is 2. The zero-order chi connectivity index (χ0) is 11.6. The Kier molecular flexibility index (Phi) is 3.40. The molecule has 0 radical (unpaired) electrons. The number of carbonyl (C=O) groups excluding carboxylic acids is 1. The predicted octanol–water partition coefficient (Wildman–Crippen LogP) is 3.60. The quantitative estimate of drug-likeness (QED) is 0.684. The highest BCUT2D eigenvalue weighted by molar-refractivity contribution is 6.31. The molecule has 0 atom stereocenters. The zero-order valence-corrected chi connectivity index (χ0v) is 10.2. The van der Waals surface area contributed by atoms with Gasteiger partial charge in [0.15, 0.2) is 0 Å². The van der Waals surface area contributed by atoms with Gasteiger partial charge in [-0.25, -0.2) is 4.79 Å². The molecule has 2 nitrogen and oxygen atoms in total. The minimum absolute atomic E-state index is 0.343. The average molecular weight is 227 g/mol. The summed E-state index contributed by atoms with van der Waals surface area (Å²) in [7, 11) is 0. The van der Waals surface area contributed by atoms with E-state index in [0.717, 1.165) is 5.56 Å². The summed E-state index contributed by atoms with van der Waals surface area (Å²) < 4.78 is 5.22. The van der Waals surface area contributed by atoms with Crippen LogP contribution in [0.1, 0.15) is 36.7 Å². The zero-order valence-electron chi connectivity index (χ0n) is 9.43. The van der Waals surface area contributed by atoms with Gasteiger partial charge in [-0.1, -0.05) is 17.7 Å². The average Bonchev–Trinajstić information content (AvgIpc) is 2.06. The SMILES string of the molecule is Cc1ccc(C(=O)OC(C)(C)C)cc1Cl. The maximum absolute atomic E-state index is 11.6. The van der Waals surface area contributed by atoms with Gasteiger partial charge < -0.3 is 4.74 Å². The van der Waals surface area contributed by atoms with Crippen LogP contribution in [0, 0.1) is 6.92 Å². The van der Waals surface area contributed by atoms with Crippen LogP contribution < -0.4 is 0 Å². The first-order valence-corrected chi connectivity index (χ1v) is 5.17. The number of aryl methyl sites for hydroxylation is 1. The fraction of sp³-hybridized carbons (Fsp3) is 0.417. The molecule has 0 N–H and O–H groups in total. The Morgan fingerprint density at radius 2 is 1.93 bits per heavy atom. The van der Waals surface area contributed by atoms with Gasteiger partial charge in [-0.2, -0.15) is 0 Å². The number of esters is 1. The molecule has 1 rings (SSSR count). The Balaban J connectivity index is 2.88. The minimum Gasteiger partial charge on any atom is -0.456 e. The third-order valence-electron chi connectivity index (χ3n) is 1.81. The highest BCUT2D eigenvalue weighted by Crippen LogP contribution is 2.19. The van der Waals surface area contributed by atoms with Gasteiger partial charge in [0.1, 0.15) is 5.60 Å². The van der Waals surface area contributed by atoms with Crippen molar-refractivity contribution < 1.29 is 9.53 Å². The molecule has 0 heterocycles. The molecule has 0 amide bonds. The van der Waals surface area contributed by atoms with Gasteiger partial charge >= 0.3 is 5.97 Å². The Morgan fingerprint density at radius 1 is 1.33 bits per heavy atom. The van der Waals surface area contributed by atoms with E-state index in [1.165, 1.54) is 0 Å². The smallest absolute Gasteiger partial charge is 0.338 e. The van der Waals surface area contributed by atoms with Crippen LogP contribution in [0.15, 0.2) is 18.2 Å². The lowest BCUT2D eigenvalue weighted by Crippen LogP contribution is -2.23. The summed E-state index contributed by atoms with van der Waals surface area (Å²) in [6.07, 6.45) is 0. The second-order valence-electron chi connectivity index (χ2n) is 4.47. The molecule has 0 aliphatic carbocycles. The maximum Gasteiger partial charge on any atom is 0.338 e. The van der Waals surface area contributed by atoms with E-state index in [1.54, 1.807) is 12.1 Å². The van der Waals surface area contributed by atoms with Crippen molar-refractivity contribution in [1.29, 1.82) is 0 Å². The molecule has 15 heavy (non-hydrogen) atoms. The molecule has 0 aromatic heterocycles. The Morgan fingerprint density at radius 3 is 2.40 bits per heavy atom. The van der Waals surface area contributed by atoms with Gasteiger partial charge in [-0.05, 0) is 45.4 Å². The van der Waals surface area contributed by atoms with Gasteiger partial charge in [0.05, 0.1) is 5.56 Å². The van der Waals surface area contributed by atoms with E-state index in [4.69, 9.17) is 16.3 Å². The van der Waals surface area contributed by atoms with Gasteiger partial charge in [0.25, 0.3) is 0 Å². The monoisotopic (exact) mass is 226 g/mol. The molecule has 3 heteroatoms. The van der Waals surface area contributed by atoms with Gasteiger partial charge in [-0.15, -0.1) is 0 Å². The van der Waals surface area contributed by atoms with Crippen LogP contribution in [0.5, 0.6) is 0 Å². The van der Waals surface area contributed by atoms with Crippen molar-refractivity contribution in [3.63, 3.8) is 0 Å². The first kappa shape index (κ1) is 12.1. The lowest BCUT2D eigenvalue weighted by atomic mass is 10.1. The summed E-state index contributed by atoms with van der Waals surface area (Å²) in [4.78, 5) is 11.6. The molecule has 1 aromatic carbocycles. The minimum atomic E-state index is -0.478. The van der Waals surface area contributed by atoms with Gasteiger partial charge in [0.2, 0.25) is 0 Å². The van der Waals surface area contributed by atoms with Crippen molar-refractivity contribution in [2.45, 2.75) is 33.3 Å². The fourth-order valence-electron chi connectivity index (χ4n) is 1.06. The largest absolute Gasteiger partial charge is 0.456 e. The van der Waals surface area contributed by atoms with Crippen molar-refractivity contribution in [2.24, 2.45) is 0 Å². The molecule has 0 spiro atoms. The van der Waals surface area contributed by atoms with Crippen LogP contribution in [0.3, 0.4) is 0 Å². The number of carbonyl (C=O) groups is 1. The van der Waals surface area contributed by atoms with E-state index < -0.39 is 5.60 Å². The fourth-order valence-corrected chi connectivity index (χ4v) is 1.24. The second-order valence-corrected chi connectivity index (χ2v) is 4.87. The van der Waals surface area contributed by atoms with Crippen LogP contribution in [-0.4, -0.2) is 11.6 Å². The Labute approximate surface area is 95.2 Å². The molecule has 0 fully saturated rings. The predicted molar refractivity (Wildman–Crippen MR) is 61.4 cm³/mol. The normalized spacial score (nSPS) is 11.3. The summed E-state index contributed by atoms with van der Waals surface area (Å²) in [6, 6.07) is 5.15. The van der Waals surface area contributed by atoms with Crippen molar-refractivity contribution in [3.8, 4) is 0 Å². The van der Waals surface area contributed by atoms with Crippen molar-refractivity contribution in [2.75, 3.05) is 0 Å². The van der Waals surface area contributed by atoms with Crippen molar-refractivity contribution >= 4 is 17.6 Å². The first-order chi connectivity index (χ1) is 6.79. The van der Waals surface area contributed by atoms with Crippen LogP contribution in [0.2, 0.25) is 5.02 Å². The third-order valence-corrected chi connectivity index (χ3v) is 2.21. The third kappa shape index (κ3) is 3.56. The molecule has 0 saturated carbocycles. The van der Waals surface area contributed by atoms with Crippen LogP contribution >= 0.6 is 11.6 Å². The lowest BCUT2D eigenvalue weighted by molar-refractivity contribution is 0.00695. The summed E-state index contributed by atoms with van der Waals surface area (Å²) in [5.41, 5.74) is 0.957. The summed E-state index contributed by atoms with van der Waals surface area (Å²) in [6.45, 7) is 7.39. The highest BCUT2D eigenvalue weighted by atomic mass is 35.5. The van der Waals surface area contributed by atoms with Crippen LogP contribution in [0.4, 0.5) is 0 Å². The molecule has 0 aliphatic heterocycles. The highest BCUT2D eigenvalue weighted by Gasteiger charge is 2.18. The van der Waals surface area contributed by atoms with E-state index in [1.807, 2.05) is 33.8 Å². The van der Waals surface area contributed by atoms with Gasteiger partial charge in [-0.3, -0.25) is 0 Å². The molecule has 0 bridgehead atoms. The molecule has 0 unspecified atom stereocenters.